The zero-order chi connectivity index (χ0) is 20.9. The highest BCUT2D eigenvalue weighted by atomic mass is 32.1. The summed E-state index contributed by atoms with van der Waals surface area (Å²) in [4.78, 5) is 19.6. The first-order valence-electron chi connectivity index (χ1n) is 10.3. The molecule has 0 aliphatic carbocycles. The van der Waals surface area contributed by atoms with E-state index in [2.05, 4.69) is 12.1 Å². The maximum Gasteiger partial charge on any atom is 0.246 e. The number of ether oxygens (including phenoxy) is 2. The number of thiazole rings is 1. The lowest BCUT2D eigenvalue weighted by Gasteiger charge is -2.31. The van der Waals surface area contributed by atoms with Crippen LogP contribution in [0.3, 0.4) is 0 Å². The number of rotatable bonds is 6. The number of aromatic nitrogens is 1. The highest BCUT2D eigenvalue weighted by Gasteiger charge is 2.26. The smallest absolute Gasteiger partial charge is 0.246 e. The van der Waals surface area contributed by atoms with E-state index in [-0.39, 0.29) is 5.91 Å². The number of fused-ring (bicyclic) bond motifs is 1. The van der Waals surface area contributed by atoms with Gasteiger partial charge in [-0.15, -0.1) is 11.3 Å². The molecule has 1 atom stereocenters. The fourth-order valence-corrected chi connectivity index (χ4v) is 4.87. The number of piperidine rings is 1. The van der Waals surface area contributed by atoms with Crippen molar-refractivity contribution in [2.24, 2.45) is 0 Å². The summed E-state index contributed by atoms with van der Waals surface area (Å²) in [5.74, 6) is 1.71. The lowest BCUT2D eigenvalue weighted by atomic mass is 9.98. The summed E-state index contributed by atoms with van der Waals surface area (Å²) >= 11 is 1.74. The lowest BCUT2D eigenvalue weighted by molar-refractivity contribution is -0.127. The van der Waals surface area contributed by atoms with Crippen molar-refractivity contribution in [2.75, 3.05) is 26.8 Å². The van der Waals surface area contributed by atoms with Gasteiger partial charge in [-0.3, -0.25) is 4.79 Å². The molecule has 5 nitrogen and oxygen atoms in total. The molecule has 156 valence electrons. The van der Waals surface area contributed by atoms with Gasteiger partial charge in [0.15, 0.2) is 11.5 Å². The van der Waals surface area contributed by atoms with Crippen LogP contribution in [0.2, 0.25) is 0 Å². The number of likely N-dealkylation sites (tertiary alicyclic amines) is 1. The van der Waals surface area contributed by atoms with Crippen LogP contribution in [0.25, 0.3) is 16.3 Å². The number of para-hydroxylation sites is 1. The quantitative estimate of drug-likeness (QED) is 0.517. The second kappa shape index (κ2) is 9.30. The first-order chi connectivity index (χ1) is 14.7. The van der Waals surface area contributed by atoms with E-state index >= 15 is 0 Å². The van der Waals surface area contributed by atoms with Gasteiger partial charge >= 0.3 is 0 Å². The maximum absolute atomic E-state index is 12.8. The topological polar surface area (TPSA) is 51.7 Å². The molecule has 0 radical (unpaired) electrons. The van der Waals surface area contributed by atoms with Crippen molar-refractivity contribution in [3.05, 3.63) is 59.1 Å². The second-order valence-electron chi connectivity index (χ2n) is 7.32. The number of benzene rings is 2. The SMILES string of the molecule is CCOc1cc(/C=C/C(=O)N2CCC[C@@H](c3nc4ccccc4s3)C2)ccc1OC. The van der Waals surface area contributed by atoms with Gasteiger partial charge in [0, 0.05) is 25.1 Å². The number of carbonyl (C=O) groups excluding carboxylic acids is 1. The fraction of sp³-hybridized carbons (Fsp3) is 0.333. The van der Waals surface area contributed by atoms with Gasteiger partial charge in [0.1, 0.15) is 0 Å². The molecule has 2 heterocycles. The second-order valence-corrected chi connectivity index (χ2v) is 8.38. The molecular weight excluding hydrogens is 396 g/mol. The Kier molecular flexibility index (Phi) is 6.33. The Morgan fingerprint density at radius 3 is 2.93 bits per heavy atom. The third kappa shape index (κ3) is 4.49. The van der Waals surface area contributed by atoms with Gasteiger partial charge in [-0.05, 0) is 55.7 Å². The first-order valence-corrected chi connectivity index (χ1v) is 11.1. The molecule has 0 spiro atoms. The van der Waals surface area contributed by atoms with Crippen LogP contribution in [0.15, 0.2) is 48.5 Å². The standard InChI is InChI=1S/C24H26N2O3S/c1-3-29-21-15-17(10-12-20(21)28-2)11-13-23(27)26-14-6-7-18(16-26)24-25-19-8-4-5-9-22(19)30-24/h4-5,8-13,15,18H,3,6-7,14,16H2,1-2H3/b13-11+/t18-/m1/s1. The molecule has 30 heavy (non-hydrogen) atoms. The number of methoxy groups -OCH3 is 1. The lowest BCUT2D eigenvalue weighted by Crippen LogP contribution is -2.38. The third-order valence-electron chi connectivity index (χ3n) is 5.30. The van der Waals surface area contributed by atoms with E-state index in [1.807, 2.05) is 48.2 Å². The Bertz CT molecular complexity index is 1030. The van der Waals surface area contributed by atoms with Crippen LogP contribution < -0.4 is 9.47 Å². The molecule has 1 aromatic heterocycles. The van der Waals surface area contributed by atoms with Crippen molar-refractivity contribution in [2.45, 2.75) is 25.7 Å². The minimum Gasteiger partial charge on any atom is -0.493 e. The van der Waals surface area contributed by atoms with E-state index < -0.39 is 0 Å². The minimum absolute atomic E-state index is 0.0367. The van der Waals surface area contributed by atoms with E-state index in [9.17, 15) is 4.79 Å². The van der Waals surface area contributed by atoms with Crippen LogP contribution in [0.5, 0.6) is 11.5 Å². The van der Waals surface area contributed by atoms with Crippen molar-refractivity contribution >= 4 is 33.5 Å². The van der Waals surface area contributed by atoms with Gasteiger partial charge in [0.05, 0.1) is 28.9 Å². The summed E-state index contributed by atoms with van der Waals surface area (Å²) in [7, 11) is 1.62. The first kappa shape index (κ1) is 20.4. The van der Waals surface area contributed by atoms with Gasteiger partial charge in [-0.1, -0.05) is 18.2 Å². The molecule has 1 saturated heterocycles. The molecule has 2 aromatic carbocycles. The fourth-order valence-electron chi connectivity index (χ4n) is 3.78. The summed E-state index contributed by atoms with van der Waals surface area (Å²) < 4.78 is 12.1. The molecule has 4 rings (SSSR count). The molecule has 0 saturated carbocycles. The van der Waals surface area contributed by atoms with Crippen LogP contribution >= 0.6 is 11.3 Å². The van der Waals surface area contributed by atoms with Crippen LogP contribution in [-0.4, -0.2) is 42.6 Å². The highest BCUT2D eigenvalue weighted by Crippen LogP contribution is 2.33. The maximum atomic E-state index is 12.8. The Labute approximate surface area is 180 Å². The molecular formula is C24H26N2O3S. The number of carbonyl (C=O) groups is 1. The third-order valence-corrected chi connectivity index (χ3v) is 6.50. The number of nitrogens with zero attached hydrogens (tertiary/aromatic N) is 2. The summed E-state index contributed by atoms with van der Waals surface area (Å²) in [6.07, 6.45) is 5.56. The molecule has 0 unspecified atom stereocenters. The average molecular weight is 423 g/mol. The molecule has 0 bridgehead atoms. The van der Waals surface area contributed by atoms with E-state index in [0.717, 1.165) is 42.0 Å². The van der Waals surface area contributed by atoms with Crippen LogP contribution in [0, 0.1) is 0 Å². The van der Waals surface area contributed by atoms with E-state index in [1.54, 1.807) is 24.5 Å². The molecule has 0 N–H and O–H groups in total. The van der Waals surface area contributed by atoms with Gasteiger partial charge in [-0.25, -0.2) is 4.98 Å². The number of hydrogen-bond acceptors (Lipinski definition) is 5. The largest absolute Gasteiger partial charge is 0.493 e. The predicted octanol–water partition coefficient (Wildman–Crippen LogP) is 5.12. The molecule has 1 aliphatic rings. The van der Waals surface area contributed by atoms with Gasteiger partial charge < -0.3 is 14.4 Å². The minimum atomic E-state index is 0.0367. The van der Waals surface area contributed by atoms with Crippen LogP contribution in [0.4, 0.5) is 0 Å². The predicted molar refractivity (Wildman–Crippen MR) is 121 cm³/mol. The van der Waals surface area contributed by atoms with Gasteiger partial charge in [0.2, 0.25) is 5.91 Å². The van der Waals surface area contributed by atoms with E-state index in [4.69, 9.17) is 14.5 Å². The highest BCUT2D eigenvalue weighted by molar-refractivity contribution is 7.18. The summed E-state index contributed by atoms with van der Waals surface area (Å²) in [6, 6.07) is 13.9. The van der Waals surface area contributed by atoms with Gasteiger partial charge in [-0.2, -0.15) is 0 Å². The molecule has 1 aliphatic heterocycles. The van der Waals surface area contributed by atoms with Crippen molar-refractivity contribution in [3.63, 3.8) is 0 Å². The van der Waals surface area contributed by atoms with E-state index in [0.29, 0.717) is 24.0 Å². The summed E-state index contributed by atoms with van der Waals surface area (Å²) in [5, 5.41) is 1.13. The molecule has 1 amide bonds. The molecule has 1 fully saturated rings. The Hall–Kier alpha value is -2.86. The Balaban J connectivity index is 1.44. The molecule has 3 aromatic rings. The van der Waals surface area contributed by atoms with Crippen LogP contribution in [-0.2, 0) is 4.79 Å². The zero-order valence-electron chi connectivity index (χ0n) is 17.3. The zero-order valence-corrected chi connectivity index (χ0v) is 18.2. The Morgan fingerprint density at radius 2 is 2.13 bits per heavy atom. The Morgan fingerprint density at radius 1 is 1.27 bits per heavy atom. The van der Waals surface area contributed by atoms with E-state index in [1.165, 1.54) is 4.70 Å². The number of amides is 1. The van der Waals surface area contributed by atoms with Crippen molar-refractivity contribution < 1.29 is 14.3 Å². The van der Waals surface area contributed by atoms with Crippen LogP contribution in [0.1, 0.15) is 36.3 Å². The van der Waals surface area contributed by atoms with Crippen molar-refractivity contribution in [3.8, 4) is 11.5 Å². The summed E-state index contributed by atoms with van der Waals surface area (Å²) in [6.45, 7) is 4.00. The van der Waals surface area contributed by atoms with Crippen molar-refractivity contribution in [1.29, 1.82) is 0 Å². The van der Waals surface area contributed by atoms with Gasteiger partial charge in [0.25, 0.3) is 0 Å². The van der Waals surface area contributed by atoms with Crippen molar-refractivity contribution in [1.82, 2.24) is 9.88 Å². The summed E-state index contributed by atoms with van der Waals surface area (Å²) in [5.41, 5.74) is 1.96. The number of hydrogen-bond donors (Lipinski definition) is 0. The molecule has 6 heteroatoms. The monoisotopic (exact) mass is 422 g/mol. The average Bonchev–Trinajstić information content (AvgIpc) is 3.22. The normalized spacial score (nSPS) is 16.9.